The number of carbonyl (C=O) groups is 1. The van der Waals surface area contributed by atoms with E-state index in [9.17, 15) is 14.7 Å². The lowest BCUT2D eigenvalue weighted by Crippen LogP contribution is -2.39. The van der Waals surface area contributed by atoms with Gasteiger partial charge in [0.1, 0.15) is 11.3 Å². The fourth-order valence-corrected chi connectivity index (χ4v) is 2.53. The largest absolute Gasteiger partial charge is 0.384 e. The first-order valence-corrected chi connectivity index (χ1v) is 8.19. The van der Waals surface area contributed by atoms with Crippen molar-refractivity contribution in [3.63, 3.8) is 0 Å². The Morgan fingerprint density at radius 1 is 1.04 bits per heavy atom. The molecule has 2 aromatic carbocycles. The molecule has 3 aromatic rings. The molecule has 0 spiro atoms. The molecule has 1 aromatic heterocycles. The van der Waals surface area contributed by atoms with Crippen LogP contribution in [0.1, 0.15) is 23.0 Å². The first-order chi connectivity index (χ1) is 12.5. The number of carbonyl (C=O) groups excluding carboxylic acids is 1. The molecule has 0 aliphatic rings. The van der Waals surface area contributed by atoms with E-state index in [2.05, 4.69) is 10.4 Å². The number of para-hydroxylation sites is 1. The first kappa shape index (κ1) is 17.6. The van der Waals surface area contributed by atoms with Gasteiger partial charge < -0.3 is 10.4 Å². The summed E-state index contributed by atoms with van der Waals surface area (Å²) >= 11 is 0. The highest BCUT2D eigenvalue weighted by molar-refractivity contribution is 5.92. The fourth-order valence-electron chi connectivity index (χ4n) is 2.53. The quantitative estimate of drug-likeness (QED) is 0.736. The minimum atomic E-state index is -1.22. The molecule has 1 unspecified atom stereocenters. The molecule has 3 rings (SSSR count). The molecule has 0 aliphatic heterocycles. The summed E-state index contributed by atoms with van der Waals surface area (Å²) in [5.41, 5.74) is -0.183. The number of rotatable bonds is 5. The highest BCUT2D eigenvalue weighted by Crippen LogP contribution is 2.19. The van der Waals surface area contributed by atoms with Crippen LogP contribution in [0.15, 0.2) is 77.6 Å². The summed E-state index contributed by atoms with van der Waals surface area (Å²) in [5.74, 6) is -0.467. The Bertz CT molecular complexity index is 951. The molecule has 0 bridgehead atoms. The average molecular weight is 349 g/mol. The number of aliphatic hydroxyl groups is 1. The standard InChI is InChI=1S/C20H19N3O3/c1-20(26,15-8-4-2-5-9-15)14-21-19(25)17-12-13-18(24)23(22-17)16-10-6-3-7-11-16/h2-13,26H,14H2,1H3,(H,21,25). The summed E-state index contributed by atoms with van der Waals surface area (Å²) in [4.78, 5) is 24.4. The molecule has 6 heteroatoms. The van der Waals surface area contributed by atoms with Crippen LogP contribution in [-0.4, -0.2) is 27.3 Å². The van der Waals surface area contributed by atoms with Gasteiger partial charge >= 0.3 is 0 Å². The summed E-state index contributed by atoms with van der Waals surface area (Å²) in [6.07, 6.45) is 0. The van der Waals surface area contributed by atoms with Gasteiger partial charge in [0.05, 0.1) is 12.2 Å². The van der Waals surface area contributed by atoms with E-state index in [1.54, 1.807) is 43.3 Å². The number of amides is 1. The molecule has 0 fully saturated rings. The summed E-state index contributed by atoms with van der Waals surface area (Å²) in [6.45, 7) is 1.64. The molecule has 0 aliphatic carbocycles. The highest BCUT2D eigenvalue weighted by Gasteiger charge is 2.24. The van der Waals surface area contributed by atoms with Gasteiger partial charge in [0, 0.05) is 6.07 Å². The van der Waals surface area contributed by atoms with Crippen molar-refractivity contribution >= 4 is 5.91 Å². The fraction of sp³-hybridized carbons (Fsp3) is 0.150. The lowest BCUT2D eigenvalue weighted by atomic mass is 9.96. The number of nitrogens with zero attached hydrogens (tertiary/aromatic N) is 2. The summed E-state index contributed by atoms with van der Waals surface area (Å²) in [7, 11) is 0. The smallest absolute Gasteiger partial charge is 0.271 e. The molecule has 26 heavy (non-hydrogen) atoms. The van der Waals surface area contributed by atoms with Crippen LogP contribution in [-0.2, 0) is 5.60 Å². The lowest BCUT2D eigenvalue weighted by molar-refractivity contribution is 0.0524. The Labute approximate surface area is 150 Å². The molecule has 1 atom stereocenters. The average Bonchev–Trinajstić information content (AvgIpc) is 2.68. The number of hydrogen-bond acceptors (Lipinski definition) is 4. The maximum absolute atomic E-state index is 12.4. The van der Waals surface area contributed by atoms with Crippen molar-refractivity contribution in [1.29, 1.82) is 0 Å². The normalized spacial score (nSPS) is 13.0. The van der Waals surface area contributed by atoms with Gasteiger partial charge in [-0.2, -0.15) is 9.78 Å². The third-order valence-corrected chi connectivity index (χ3v) is 4.02. The van der Waals surface area contributed by atoms with Gasteiger partial charge in [-0.15, -0.1) is 0 Å². The Kier molecular flexibility index (Phi) is 4.95. The van der Waals surface area contributed by atoms with Crippen LogP contribution in [0.4, 0.5) is 0 Å². The maximum Gasteiger partial charge on any atom is 0.271 e. The van der Waals surface area contributed by atoms with Gasteiger partial charge in [-0.25, -0.2) is 0 Å². The van der Waals surface area contributed by atoms with Crippen molar-refractivity contribution in [2.45, 2.75) is 12.5 Å². The van der Waals surface area contributed by atoms with Crippen molar-refractivity contribution in [1.82, 2.24) is 15.1 Å². The van der Waals surface area contributed by atoms with Crippen LogP contribution in [0.25, 0.3) is 5.69 Å². The second kappa shape index (κ2) is 7.33. The van der Waals surface area contributed by atoms with Crippen LogP contribution in [0.2, 0.25) is 0 Å². The topological polar surface area (TPSA) is 84.2 Å². The molecule has 0 saturated heterocycles. The number of hydrogen-bond donors (Lipinski definition) is 2. The molecule has 1 amide bonds. The molecule has 0 saturated carbocycles. The SMILES string of the molecule is CC(O)(CNC(=O)c1ccc(=O)n(-c2ccccc2)n1)c1ccccc1. The zero-order valence-corrected chi connectivity index (χ0v) is 14.3. The molecule has 6 nitrogen and oxygen atoms in total. The Morgan fingerprint density at radius 2 is 1.65 bits per heavy atom. The van der Waals surface area contributed by atoms with Crippen LogP contribution in [0.5, 0.6) is 0 Å². The number of nitrogens with one attached hydrogen (secondary N) is 1. The van der Waals surface area contributed by atoms with Crippen LogP contribution in [0, 0.1) is 0 Å². The van der Waals surface area contributed by atoms with Gasteiger partial charge in [0.2, 0.25) is 0 Å². The van der Waals surface area contributed by atoms with Crippen molar-refractivity contribution in [2.75, 3.05) is 6.54 Å². The minimum absolute atomic E-state index is 0.0159. The lowest BCUT2D eigenvalue weighted by Gasteiger charge is -2.24. The van der Waals surface area contributed by atoms with Gasteiger partial charge in [-0.05, 0) is 30.7 Å². The maximum atomic E-state index is 12.4. The minimum Gasteiger partial charge on any atom is -0.384 e. The van der Waals surface area contributed by atoms with Crippen LogP contribution in [0.3, 0.4) is 0 Å². The molecular weight excluding hydrogens is 330 g/mol. The molecule has 2 N–H and O–H groups in total. The van der Waals surface area contributed by atoms with E-state index in [-0.39, 0.29) is 17.8 Å². The van der Waals surface area contributed by atoms with E-state index in [0.717, 1.165) is 0 Å². The summed E-state index contributed by atoms with van der Waals surface area (Å²) in [5, 5.41) is 17.4. The van der Waals surface area contributed by atoms with Gasteiger partial charge in [-0.1, -0.05) is 48.5 Å². The van der Waals surface area contributed by atoms with Crippen molar-refractivity contribution < 1.29 is 9.90 Å². The zero-order valence-electron chi connectivity index (χ0n) is 14.3. The van der Waals surface area contributed by atoms with E-state index in [1.807, 2.05) is 24.3 Å². The van der Waals surface area contributed by atoms with Gasteiger partial charge in [-0.3, -0.25) is 9.59 Å². The van der Waals surface area contributed by atoms with Crippen LogP contribution >= 0.6 is 0 Å². The second-order valence-corrected chi connectivity index (χ2v) is 6.13. The highest BCUT2D eigenvalue weighted by atomic mass is 16.3. The predicted octanol–water partition coefficient (Wildman–Crippen LogP) is 1.87. The van der Waals surface area contributed by atoms with E-state index in [1.165, 1.54) is 16.8 Å². The third kappa shape index (κ3) is 3.87. The second-order valence-electron chi connectivity index (χ2n) is 6.13. The van der Waals surface area contributed by atoms with E-state index < -0.39 is 11.5 Å². The first-order valence-electron chi connectivity index (χ1n) is 8.19. The summed E-state index contributed by atoms with van der Waals surface area (Å²) < 4.78 is 1.17. The van der Waals surface area contributed by atoms with Crippen LogP contribution < -0.4 is 10.9 Å². The Balaban J connectivity index is 1.78. The third-order valence-electron chi connectivity index (χ3n) is 4.02. The van der Waals surface area contributed by atoms with E-state index in [0.29, 0.717) is 11.3 Å². The van der Waals surface area contributed by atoms with E-state index >= 15 is 0 Å². The number of benzene rings is 2. The zero-order chi connectivity index (χ0) is 18.6. The number of aromatic nitrogens is 2. The van der Waals surface area contributed by atoms with E-state index in [4.69, 9.17) is 0 Å². The Hall–Kier alpha value is -3.25. The van der Waals surface area contributed by atoms with Gasteiger partial charge in [0.25, 0.3) is 11.5 Å². The van der Waals surface area contributed by atoms with Crippen molar-refractivity contribution in [3.8, 4) is 5.69 Å². The summed E-state index contributed by atoms with van der Waals surface area (Å²) in [6, 6.07) is 20.6. The molecule has 1 heterocycles. The van der Waals surface area contributed by atoms with Gasteiger partial charge in [0.15, 0.2) is 0 Å². The van der Waals surface area contributed by atoms with Crippen molar-refractivity contribution in [2.24, 2.45) is 0 Å². The van der Waals surface area contributed by atoms with Crippen molar-refractivity contribution in [3.05, 3.63) is 94.4 Å². The predicted molar refractivity (Wildman–Crippen MR) is 98.2 cm³/mol. The Morgan fingerprint density at radius 3 is 2.31 bits per heavy atom. The monoisotopic (exact) mass is 349 g/mol. The molecular formula is C20H19N3O3. The molecule has 0 radical (unpaired) electrons. The molecule has 132 valence electrons.